The molecule has 1 saturated heterocycles. The zero-order valence-corrected chi connectivity index (χ0v) is 10.3. The zero-order valence-electron chi connectivity index (χ0n) is 10.3. The number of amides is 1. The minimum Gasteiger partial charge on any atom is -0.399 e. The Labute approximate surface area is 102 Å². The Hall–Kier alpha value is -1.55. The van der Waals surface area contributed by atoms with Gasteiger partial charge in [-0.05, 0) is 31.0 Å². The summed E-state index contributed by atoms with van der Waals surface area (Å²) in [6, 6.07) is 5.76. The smallest absolute Gasteiger partial charge is 0.224 e. The monoisotopic (exact) mass is 233 g/mol. The van der Waals surface area contributed by atoms with Gasteiger partial charge in [0, 0.05) is 24.7 Å². The van der Waals surface area contributed by atoms with Crippen molar-refractivity contribution in [3.8, 4) is 0 Å². The first-order valence-corrected chi connectivity index (χ1v) is 5.95. The first-order valence-electron chi connectivity index (χ1n) is 5.95. The summed E-state index contributed by atoms with van der Waals surface area (Å²) in [6.45, 7) is 4.63. The van der Waals surface area contributed by atoms with Gasteiger partial charge in [-0.2, -0.15) is 0 Å². The van der Waals surface area contributed by atoms with Gasteiger partial charge in [0.1, 0.15) is 0 Å². The third kappa shape index (κ3) is 2.00. The number of hydrogen-bond donors (Lipinski definition) is 2. The number of hydrogen-bond acceptors (Lipinski definition) is 3. The zero-order chi connectivity index (χ0) is 12.6. The van der Waals surface area contributed by atoms with E-state index in [9.17, 15) is 4.79 Å². The summed E-state index contributed by atoms with van der Waals surface area (Å²) < 4.78 is 0. The highest BCUT2D eigenvalue weighted by molar-refractivity contribution is 5.80. The SMILES string of the molecule is CCN1C(=O)C[C@H](N)[C@H]1c1ccc(C)c(N)c1. The van der Waals surface area contributed by atoms with Gasteiger partial charge in [0.25, 0.3) is 0 Å². The molecule has 0 radical (unpaired) electrons. The van der Waals surface area contributed by atoms with Crippen LogP contribution in [-0.2, 0) is 4.79 Å². The molecular weight excluding hydrogens is 214 g/mol. The Morgan fingerprint density at radius 3 is 2.76 bits per heavy atom. The van der Waals surface area contributed by atoms with Crippen LogP contribution in [0, 0.1) is 6.92 Å². The number of carbonyl (C=O) groups is 1. The van der Waals surface area contributed by atoms with Crippen molar-refractivity contribution < 1.29 is 4.79 Å². The van der Waals surface area contributed by atoms with Crippen molar-refractivity contribution in [2.75, 3.05) is 12.3 Å². The summed E-state index contributed by atoms with van der Waals surface area (Å²) in [5.41, 5.74) is 14.8. The topological polar surface area (TPSA) is 72.3 Å². The number of likely N-dealkylation sites (tertiary alicyclic amines) is 1. The van der Waals surface area contributed by atoms with E-state index in [1.54, 1.807) is 0 Å². The summed E-state index contributed by atoms with van der Waals surface area (Å²) >= 11 is 0. The maximum Gasteiger partial charge on any atom is 0.224 e. The molecule has 1 aliphatic heterocycles. The Morgan fingerprint density at radius 2 is 2.18 bits per heavy atom. The van der Waals surface area contributed by atoms with Crippen molar-refractivity contribution in [1.29, 1.82) is 0 Å². The minimum absolute atomic E-state index is 0.0320. The predicted molar refractivity (Wildman–Crippen MR) is 68.3 cm³/mol. The lowest BCUT2D eigenvalue weighted by molar-refractivity contribution is -0.128. The fourth-order valence-corrected chi connectivity index (χ4v) is 2.46. The van der Waals surface area contributed by atoms with Crippen molar-refractivity contribution >= 4 is 11.6 Å². The van der Waals surface area contributed by atoms with E-state index in [0.29, 0.717) is 13.0 Å². The Bertz CT molecular complexity index is 444. The number of nitrogens with zero attached hydrogens (tertiary/aromatic N) is 1. The molecular formula is C13H19N3O. The molecule has 0 aliphatic carbocycles. The van der Waals surface area contributed by atoms with Crippen molar-refractivity contribution in [2.24, 2.45) is 5.73 Å². The van der Waals surface area contributed by atoms with Crippen LogP contribution in [0.25, 0.3) is 0 Å². The largest absolute Gasteiger partial charge is 0.399 e. The molecule has 17 heavy (non-hydrogen) atoms. The van der Waals surface area contributed by atoms with E-state index in [4.69, 9.17) is 11.5 Å². The highest BCUT2D eigenvalue weighted by Gasteiger charge is 2.37. The summed E-state index contributed by atoms with van der Waals surface area (Å²) in [5, 5.41) is 0. The third-order valence-electron chi connectivity index (χ3n) is 3.46. The molecule has 0 unspecified atom stereocenters. The number of nitrogen functional groups attached to an aromatic ring is 1. The summed E-state index contributed by atoms with van der Waals surface area (Å²) in [6.07, 6.45) is 0.423. The van der Waals surface area contributed by atoms with Gasteiger partial charge in [0.05, 0.1) is 6.04 Å². The van der Waals surface area contributed by atoms with Crippen LogP contribution in [0.2, 0.25) is 0 Å². The number of anilines is 1. The van der Waals surface area contributed by atoms with Gasteiger partial charge in [-0.1, -0.05) is 12.1 Å². The van der Waals surface area contributed by atoms with Crippen LogP contribution in [0.4, 0.5) is 5.69 Å². The third-order valence-corrected chi connectivity index (χ3v) is 3.46. The van der Waals surface area contributed by atoms with Crippen molar-refractivity contribution in [3.05, 3.63) is 29.3 Å². The van der Waals surface area contributed by atoms with E-state index in [-0.39, 0.29) is 18.0 Å². The quantitative estimate of drug-likeness (QED) is 0.754. The van der Waals surface area contributed by atoms with Gasteiger partial charge in [0.15, 0.2) is 0 Å². The van der Waals surface area contributed by atoms with E-state index >= 15 is 0 Å². The van der Waals surface area contributed by atoms with E-state index in [0.717, 1.165) is 16.8 Å². The summed E-state index contributed by atoms with van der Waals surface area (Å²) in [4.78, 5) is 13.6. The fraction of sp³-hybridized carbons (Fsp3) is 0.462. The van der Waals surface area contributed by atoms with Crippen LogP contribution in [0.3, 0.4) is 0 Å². The normalized spacial score (nSPS) is 24.4. The Balaban J connectivity index is 2.37. The second-order valence-electron chi connectivity index (χ2n) is 4.61. The molecule has 0 saturated carbocycles. The van der Waals surface area contributed by atoms with Gasteiger partial charge in [-0.25, -0.2) is 0 Å². The molecule has 0 spiro atoms. The van der Waals surface area contributed by atoms with Gasteiger partial charge in [-0.3, -0.25) is 4.79 Å². The number of aryl methyl sites for hydroxylation is 1. The second-order valence-corrected chi connectivity index (χ2v) is 4.61. The number of benzene rings is 1. The van der Waals surface area contributed by atoms with Gasteiger partial charge in [-0.15, -0.1) is 0 Å². The lowest BCUT2D eigenvalue weighted by Crippen LogP contribution is -2.32. The van der Waals surface area contributed by atoms with Crippen LogP contribution in [0.15, 0.2) is 18.2 Å². The summed E-state index contributed by atoms with van der Waals surface area (Å²) in [7, 11) is 0. The van der Waals surface area contributed by atoms with Crippen LogP contribution in [-0.4, -0.2) is 23.4 Å². The van der Waals surface area contributed by atoms with Crippen LogP contribution in [0.5, 0.6) is 0 Å². The van der Waals surface area contributed by atoms with Crippen molar-refractivity contribution in [3.63, 3.8) is 0 Å². The Morgan fingerprint density at radius 1 is 1.47 bits per heavy atom. The molecule has 1 amide bonds. The molecule has 92 valence electrons. The first-order chi connectivity index (χ1) is 8.04. The molecule has 1 fully saturated rings. The molecule has 4 N–H and O–H groups in total. The van der Waals surface area contributed by atoms with E-state index in [1.165, 1.54) is 0 Å². The molecule has 1 aromatic carbocycles. The van der Waals surface area contributed by atoms with Crippen molar-refractivity contribution in [2.45, 2.75) is 32.4 Å². The fourth-order valence-electron chi connectivity index (χ4n) is 2.46. The molecule has 2 atom stereocenters. The van der Waals surface area contributed by atoms with E-state index in [2.05, 4.69) is 0 Å². The summed E-state index contributed by atoms with van der Waals surface area (Å²) in [5.74, 6) is 0.129. The first kappa shape index (κ1) is 11.9. The maximum absolute atomic E-state index is 11.8. The molecule has 0 bridgehead atoms. The number of likely N-dealkylation sites (N-methyl/N-ethyl adjacent to an activating group) is 1. The minimum atomic E-state index is -0.135. The lowest BCUT2D eigenvalue weighted by Gasteiger charge is -2.26. The average Bonchev–Trinajstić information content (AvgIpc) is 2.57. The Kier molecular flexibility index (Phi) is 3.07. The molecule has 1 heterocycles. The van der Waals surface area contributed by atoms with Gasteiger partial charge < -0.3 is 16.4 Å². The van der Waals surface area contributed by atoms with Gasteiger partial charge in [0.2, 0.25) is 5.91 Å². The molecule has 1 aliphatic rings. The standard InChI is InChI=1S/C13H19N3O/c1-3-16-12(17)7-11(15)13(16)9-5-4-8(2)10(14)6-9/h4-6,11,13H,3,7,14-15H2,1-2H3/t11-,13+/m0/s1. The van der Waals surface area contributed by atoms with Crippen molar-refractivity contribution in [1.82, 2.24) is 4.90 Å². The lowest BCUT2D eigenvalue weighted by atomic mass is 9.99. The van der Waals surface area contributed by atoms with E-state index in [1.807, 2.05) is 36.9 Å². The average molecular weight is 233 g/mol. The van der Waals surface area contributed by atoms with E-state index < -0.39 is 0 Å². The van der Waals surface area contributed by atoms with Crippen LogP contribution < -0.4 is 11.5 Å². The second kappa shape index (κ2) is 4.37. The number of nitrogens with two attached hydrogens (primary N) is 2. The number of carbonyl (C=O) groups excluding carboxylic acids is 1. The molecule has 4 nitrogen and oxygen atoms in total. The molecule has 1 aromatic rings. The van der Waals surface area contributed by atoms with Crippen LogP contribution >= 0.6 is 0 Å². The molecule has 4 heteroatoms. The molecule has 0 aromatic heterocycles. The number of rotatable bonds is 2. The molecule has 2 rings (SSSR count). The predicted octanol–water partition coefficient (Wildman–Crippen LogP) is 1.20. The highest BCUT2D eigenvalue weighted by atomic mass is 16.2. The maximum atomic E-state index is 11.8. The van der Waals surface area contributed by atoms with Gasteiger partial charge >= 0.3 is 0 Å². The highest BCUT2D eigenvalue weighted by Crippen LogP contribution is 2.33. The van der Waals surface area contributed by atoms with Crippen LogP contribution in [0.1, 0.15) is 30.5 Å².